The normalized spacial score (nSPS) is 14.3. The van der Waals surface area contributed by atoms with E-state index in [1.807, 2.05) is 5.01 Å². The van der Waals surface area contributed by atoms with Crippen molar-refractivity contribution in [1.29, 1.82) is 0 Å². The van der Waals surface area contributed by atoms with Crippen molar-refractivity contribution < 1.29 is 0 Å². The quantitative estimate of drug-likeness (QED) is 0.793. The van der Waals surface area contributed by atoms with Gasteiger partial charge < -0.3 is 4.90 Å². The van der Waals surface area contributed by atoms with Crippen molar-refractivity contribution in [3.05, 3.63) is 71.8 Å². The van der Waals surface area contributed by atoms with Crippen LogP contribution in [0.5, 0.6) is 0 Å². The topological polar surface area (TPSA) is 18.5 Å². The number of hydrogen-bond donors (Lipinski definition) is 1. The fourth-order valence-electron chi connectivity index (χ4n) is 2.97. The van der Waals surface area contributed by atoms with Crippen LogP contribution in [0.4, 0.5) is 0 Å². The summed E-state index contributed by atoms with van der Waals surface area (Å²) in [6.45, 7) is 0. The Morgan fingerprint density at radius 2 is 1.36 bits per heavy atom. The van der Waals surface area contributed by atoms with Gasteiger partial charge in [0, 0.05) is 20.1 Å². The molecular weight excluding hydrogens is 270 g/mol. The number of nitrogens with zero attached hydrogens (tertiary/aromatic N) is 2. The summed E-state index contributed by atoms with van der Waals surface area (Å²) >= 11 is 0. The van der Waals surface area contributed by atoms with Crippen LogP contribution in [0.3, 0.4) is 0 Å². The molecule has 0 spiro atoms. The molecule has 118 valence electrons. The zero-order valence-electron chi connectivity index (χ0n) is 14.0. The summed E-state index contributed by atoms with van der Waals surface area (Å²) < 4.78 is 0. The summed E-state index contributed by atoms with van der Waals surface area (Å²) in [7, 11) is 8.39. The van der Waals surface area contributed by atoms with Crippen LogP contribution < -0.4 is 5.43 Å². The van der Waals surface area contributed by atoms with Gasteiger partial charge in [0.25, 0.3) is 0 Å². The van der Waals surface area contributed by atoms with Crippen molar-refractivity contribution in [1.82, 2.24) is 15.3 Å². The molecule has 0 saturated heterocycles. The largest absolute Gasteiger partial charge is 0.301 e. The molecule has 2 aromatic rings. The van der Waals surface area contributed by atoms with Crippen molar-refractivity contribution >= 4 is 0 Å². The van der Waals surface area contributed by atoms with E-state index in [4.69, 9.17) is 0 Å². The minimum atomic E-state index is 0.301. The van der Waals surface area contributed by atoms with E-state index in [9.17, 15) is 0 Å². The van der Waals surface area contributed by atoms with Gasteiger partial charge in [-0.3, -0.25) is 10.4 Å². The van der Waals surface area contributed by atoms with E-state index in [0.29, 0.717) is 12.1 Å². The van der Waals surface area contributed by atoms with Crippen molar-refractivity contribution in [2.45, 2.75) is 18.5 Å². The lowest BCUT2D eigenvalue weighted by molar-refractivity contribution is 0.153. The van der Waals surface area contributed by atoms with Crippen LogP contribution in [-0.4, -0.2) is 44.1 Å². The molecule has 0 saturated carbocycles. The van der Waals surface area contributed by atoms with E-state index < -0.39 is 0 Å². The van der Waals surface area contributed by atoms with Crippen molar-refractivity contribution in [3.8, 4) is 0 Å². The second-order valence-electron chi connectivity index (χ2n) is 6.14. The summed E-state index contributed by atoms with van der Waals surface area (Å²) in [4.78, 5) is 2.29. The molecule has 0 radical (unpaired) electrons. The lowest BCUT2D eigenvalue weighted by atomic mass is 9.93. The predicted octanol–water partition coefficient (Wildman–Crippen LogP) is 2.97. The van der Waals surface area contributed by atoms with Crippen LogP contribution in [0.1, 0.15) is 17.2 Å². The predicted molar refractivity (Wildman–Crippen MR) is 93.6 cm³/mol. The van der Waals surface area contributed by atoms with Crippen LogP contribution in [0.25, 0.3) is 0 Å². The molecule has 2 atom stereocenters. The van der Waals surface area contributed by atoms with Crippen LogP contribution in [0, 0.1) is 0 Å². The average molecular weight is 297 g/mol. The van der Waals surface area contributed by atoms with Crippen LogP contribution >= 0.6 is 0 Å². The number of hydrazine groups is 1. The van der Waals surface area contributed by atoms with Gasteiger partial charge in [0.2, 0.25) is 0 Å². The Labute approximate surface area is 134 Å². The summed E-state index contributed by atoms with van der Waals surface area (Å²) in [6, 6.07) is 22.0. The van der Waals surface area contributed by atoms with Gasteiger partial charge in [-0.1, -0.05) is 60.7 Å². The maximum absolute atomic E-state index is 3.60. The van der Waals surface area contributed by atoms with Gasteiger partial charge in [0.1, 0.15) is 0 Å². The Balaban J connectivity index is 2.28. The van der Waals surface area contributed by atoms with E-state index >= 15 is 0 Å². The Bertz CT molecular complexity index is 537. The lowest BCUT2D eigenvalue weighted by Crippen LogP contribution is -2.48. The van der Waals surface area contributed by atoms with Crippen molar-refractivity contribution in [3.63, 3.8) is 0 Å². The summed E-state index contributed by atoms with van der Waals surface area (Å²) in [6.07, 6.45) is 0.983. The van der Waals surface area contributed by atoms with E-state index in [-0.39, 0.29) is 0 Å². The summed E-state index contributed by atoms with van der Waals surface area (Å²) in [5.74, 6) is 0. The average Bonchev–Trinajstić information content (AvgIpc) is 2.48. The van der Waals surface area contributed by atoms with Crippen LogP contribution in [-0.2, 0) is 6.42 Å². The standard InChI is InChI=1S/C19H27N3/c1-21(2)19(17-13-9-6-10-14-17)18(20-22(3)4)15-16-11-7-5-8-12-16/h5-14,18-20H,15H2,1-4H3. The third kappa shape index (κ3) is 4.67. The molecule has 1 N–H and O–H groups in total. The molecule has 3 heteroatoms. The molecule has 0 heterocycles. The molecule has 0 bridgehead atoms. The molecule has 3 nitrogen and oxygen atoms in total. The summed E-state index contributed by atoms with van der Waals surface area (Å²) in [5.41, 5.74) is 6.29. The molecule has 2 unspecified atom stereocenters. The Kier molecular flexibility index (Phi) is 6.13. The van der Waals surface area contributed by atoms with E-state index in [1.165, 1.54) is 11.1 Å². The van der Waals surface area contributed by atoms with Gasteiger partial charge in [0.05, 0.1) is 6.04 Å². The number of benzene rings is 2. The van der Waals surface area contributed by atoms with Gasteiger partial charge >= 0.3 is 0 Å². The molecular formula is C19H27N3. The monoisotopic (exact) mass is 297 g/mol. The Hall–Kier alpha value is -1.68. The smallest absolute Gasteiger partial charge is 0.0513 e. The van der Waals surface area contributed by atoms with Gasteiger partial charge in [-0.05, 0) is 31.6 Å². The first-order chi connectivity index (χ1) is 10.6. The molecule has 0 fully saturated rings. The third-order valence-corrected chi connectivity index (χ3v) is 3.80. The number of rotatable bonds is 7. The van der Waals surface area contributed by atoms with Gasteiger partial charge in [-0.2, -0.15) is 0 Å². The molecule has 0 aliphatic heterocycles. The molecule has 0 aromatic heterocycles. The second kappa shape index (κ2) is 8.08. The maximum Gasteiger partial charge on any atom is 0.0513 e. The number of likely N-dealkylation sites (N-methyl/N-ethyl adjacent to an activating group) is 1. The Morgan fingerprint density at radius 3 is 1.86 bits per heavy atom. The highest BCUT2D eigenvalue weighted by atomic mass is 15.5. The van der Waals surface area contributed by atoms with E-state index in [2.05, 4.69) is 99.2 Å². The highest BCUT2D eigenvalue weighted by molar-refractivity contribution is 5.23. The third-order valence-electron chi connectivity index (χ3n) is 3.80. The van der Waals surface area contributed by atoms with E-state index in [0.717, 1.165) is 6.42 Å². The summed E-state index contributed by atoms with van der Waals surface area (Å²) in [5, 5.41) is 2.05. The molecule has 0 aliphatic rings. The van der Waals surface area contributed by atoms with E-state index in [1.54, 1.807) is 0 Å². The first-order valence-electron chi connectivity index (χ1n) is 7.76. The van der Waals surface area contributed by atoms with Crippen molar-refractivity contribution in [2.24, 2.45) is 0 Å². The van der Waals surface area contributed by atoms with Crippen LogP contribution in [0.15, 0.2) is 60.7 Å². The van der Waals surface area contributed by atoms with Crippen LogP contribution in [0.2, 0.25) is 0 Å². The minimum absolute atomic E-state index is 0.301. The maximum atomic E-state index is 3.60. The SMILES string of the molecule is CN(C)NC(Cc1ccccc1)C(c1ccccc1)N(C)C. The zero-order chi connectivity index (χ0) is 15.9. The lowest BCUT2D eigenvalue weighted by Gasteiger charge is -2.35. The number of nitrogens with one attached hydrogen (secondary N) is 1. The fraction of sp³-hybridized carbons (Fsp3) is 0.368. The second-order valence-corrected chi connectivity index (χ2v) is 6.14. The van der Waals surface area contributed by atoms with Crippen molar-refractivity contribution in [2.75, 3.05) is 28.2 Å². The minimum Gasteiger partial charge on any atom is -0.301 e. The van der Waals surface area contributed by atoms with Gasteiger partial charge in [0.15, 0.2) is 0 Å². The molecule has 0 aliphatic carbocycles. The molecule has 0 amide bonds. The highest BCUT2D eigenvalue weighted by Gasteiger charge is 2.25. The first-order valence-corrected chi connectivity index (χ1v) is 7.76. The highest BCUT2D eigenvalue weighted by Crippen LogP contribution is 2.24. The molecule has 2 rings (SSSR count). The fourth-order valence-corrected chi connectivity index (χ4v) is 2.97. The zero-order valence-corrected chi connectivity index (χ0v) is 14.0. The first kappa shape index (κ1) is 16.7. The van der Waals surface area contributed by atoms with Gasteiger partial charge in [-0.25, -0.2) is 0 Å². The van der Waals surface area contributed by atoms with Gasteiger partial charge in [-0.15, -0.1) is 0 Å². The molecule has 2 aromatic carbocycles. The molecule has 22 heavy (non-hydrogen) atoms. The number of hydrogen-bond acceptors (Lipinski definition) is 3. The Morgan fingerprint density at radius 1 is 0.818 bits per heavy atom.